The number of fused-ring (bicyclic) bond motifs is 1. The van der Waals surface area contributed by atoms with Gasteiger partial charge < -0.3 is 5.32 Å². The van der Waals surface area contributed by atoms with Gasteiger partial charge in [0.15, 0.2) is 23.3 Å². The number of amides is 3. The quantitative estimate of drug-likeness (QED) is 0.234. The molecule has 0 aromatic heterocycles. The summed E-state index contributed by atoms with van der Waals surface area (Å²) in [5.74, 6) is -8.97. The van der Waals surface area contributed by atoms with E-state index in [-0.39, 0.29) is 35.5 Å². The fraction of sp³-hybridized carbons (Fsp3) is 0.227. The molecule has 32 heavy (non-hydrogen) atoms. The molecule has 1 aliphatic carbocycles. The highest BCUT2D eigenvalue weighted by Crippen LogP contribution is 2.38. The summed E-state index contributed by atoms with van der Waals surface area (Å²) < 4.78 is 53.8. The molecule has 2 aliphatic rings. The maximum Gasteiger partial charge on any atom is 0.238 e. The first-order valence-corrected chi connectivity index (χ1v) is 10.6. The van der Waals surface area contributed by atoms with Gasteiger partial charge in [0.05, 0.1) is 23.3 Å². The second-order valence-electron chi connectivity index (χ2n) is 7.34. The van der Waals surface area contributed by atoms with E-state index in [2.05, 4.69) is 0 Å². The normalized spacial score (nSPS) is 19.9. The molecule has 0 bridgehead atoms. The molecule has 2 aromatic rings. The topological polar surface area (TPSA) is 66.5 Å². The third-order valence-electron chi connectivity index (χ3n) is 5.35. The number of hydrogen-bond donors (Lipinski definition) is 1. The molecule has 0 unspecified atom stereocenters. The first kappa shape index (κ1) is 22.1. The summed E-state index contributed by atoms with van der Waals surface area (Å²) in [6, 6.07) is 6.39. The first-order chi connectivity index (χ1) is 15.3. The van der Waals surface area contributed by atoms with Crippen LogP contribution in [-0.2, 0) is 14.4 Å². The van der Waals surface area contributed by atoms with Crippen molar-refractivity contribution in [3.05, 3.63) is 65.8 Å². The molecule has 3 amide bonds. The molecule has 2 atom stereocenters. The number of halogens is 4. The van der Waals surface area contributed by atoms with Gasteiger partial charge in [-0.25, -0.2) is 17.6 Å². The lowest BCUT2D eigenvalue weighted by Gasteiger charge is -2.15. The highest BCUT2D eigenvalue weighted by atomic mass is 32.2. The van der Waals surface area contributed by atoms with E-state index in [0.29, 0.717) is 23.4 Å². The van der Waals surface area contributed by atoms with Crippen molar-refractivity contribution in [1.82, 2.24) is 0 Å². The van der Waals surface area contributed by atoms with Crippen molar-refractivity contribution in [2.75, 3.05) is 16.0 Å². The van der Waals surface area contributed by atoms with Gasteiger partial charge in [0.1, 0.15) is 5.69 Å². The highest BCUT2D eigenvalue weighted by Gasteiger charge is 2.47. The van der Waals surface area contributed by atoms with Gasteiger partial charge in [-0.3, -0.25) is 19.3 Å². The molecule has 10 heteroatoms. The lowest BCUT2D eigenvalue weighted by Crippen LogP contribution is -2.30. The van der Waals surface area contributed by atoms with Gasteiger partial charge in [-0.15, -0.1) is 11.8 Å². The molecular formula is C22H16F4N2O3S. The van der Waals surface area contributed by atoms with Crippen LogP contribution in [0.2, 0.25) is 0 Å². The molecule has 5 nitrogen and oxygen atoms in total. The van der Waals surface area contributed by atoms with Gasteiger partial charge in [-0.1, -0.05) is 12.2 Å². The van der Waals surface area contributed by atoms with Crippen LogP contribution in [0.15, 0.2) is 47.4 Å². The number of nitrogens with zero attached hydrogens (tertiary/aromatic N) is 1. The summed E-state index contributed by atoms with van der Waals surface area (Å²) >= 11 is 0.998. The molecule has 2 aromatic carbocycles. The predicted molar refractivity (Wildman–Crippen MR) is 110 cm³/mol. The van der Waals surface area contributed by atoms with Crippen LogP contribution in [0.5, 0.6) is 0 Å². The van der Waals surface area contributed by atoms with Crippen molar-refractivity contribution in [3.8, 4) is 0 Å². The van der Waals surface area contributed by atoms with Crippen LogP contribution in [0, 0.1) is 35.1 Å². The Bertz CT molecular complexity index is 1080. The number of anilines is 2. The summed E-state index contributed by atoms with van der Waals surface area (Å²) in [6.45, 7) is 0. The fourth-order valence-corrected chi connectivity index (χ4v) is 4.45. The Kier molecular flexibility index (Phi) is 6.05. The Labute approximate surface area is 184 Å². The van der Waals surface area contributed by atoms with E-state index in [4.69, 9.17) is 0 Å². The van der Waals surface area contributed by atoms with E-state index < -0.39 is 34.9 Å². The molecule has 1 saturated heterocycles. The molecule has 4 rings (SSSR count). The predicted octanol–water partition coefficient (Wildman–Crippen LogP) is 4.43. The van der Waals surface area contributed by atoms with E-state index in [1.165, 1.54) is 4.90 Å². The maximum atomic E-state index is 13.7. The second kappa shape index (κ2) is 8.78. The molecule has 1 heterocycles. The second-order valence-corrected chi connectivity index (χ2v) is 8.39. The Morgan fingerprint density at radius 2 is 1.47 bits per heavy atom. The standard InChI is InChI=1S/C22H16F4N2O3S/c23-15-9-16(24)19(26)20(18(15)25)27-17(29)10-32-12-7-5-11(6-8-12)28-21(30)13-3-1-2-4-14(13)22(28)31/h1-2,5-9,13-14H,3-4,10H2,(H,27,29)/t13-,14-/m1/s1. The van der Waals surface area contributed by atoms with E-state index in [1.54, 1.807) is 24.3 Å². The number of nitrogens with one attached hydrogen (secondary N) is 1. The van der Waals surface area contributed by atoms with Crippen molar-refractivity contribution in [1.29, 1.82) is 0 Å². The lowest BCUT2D eigenvalue weighted by molar-refractivity contribution is -0.122. The summed E-state index contributed by atoms with van der Waals surface area (Å²) in [4.78, 5) is 39.0. The van der Waals surface area contributed by atoms with Crippen LogP contribution in [0.4, 0.5) is 28.9 Å². The number of carbonyl (C=O) groups is 3. The Hall–Kier alpha value is -3.14. The molecule has 166 valence electrons. The van der Waals surface area contributed by atoms with E-state index in [9.17, 15) is 31.9 Å². The Morgan fingerprint density at radius 3 is 2.00 bits per heavy atom. The number of allylic oxidation sites excluding steroid dienone is 2. The maximum absolute atomic E-state index is 13.7. The largest absolute Gasteiger partial charge is 0.320 e. The molecule has 1 fully saturated rings. The third kappa shape index (κ3) is 4.02. The fourth-order valence-electron chi connectivity index (χ4n) is 3.75. The van der Waals surface area contributed by atoms with Crippen molar-refractivity contribution in [2.24, 2.45) is 11.8 Å². The Balaban J connectivity index is 1.39. The summed E-state index contributed by atoms with van der Waals surface area (Å²) in [6.07, 6.45) is 4.86. The summed E-state index contributed by atoms with van der Waals surface area (Å²) in [7, 11) is 0. The van der Waals surface area contributed by atoms with Gasteiger partial charge >= 0.3 is 0 Å². The average Bonchev–Trinajstić information content (AvgIpc) is 3.04. The van der Waals surface area contributed by atoms with Gasteiger partial charge in [-0.2, -0.15) is 0 Å². The third-order valence-corrected chi connectivity index (χ3v) is 6.36. The molecule has 0 saturated carbocycles. The van der Waals surface area contributed by atoms with E-state index in [0.717, 1.165) is 11.8 Å². The molecule has 1 aliphatic heterocycles. The smallest absolute Gasteiger partial charge is 0.238 e. The van der Waals surface area contributed by atoms with Crippen LogP contribution >= 0.6 is 11.8 Å². The molecule has 0 spiro atoms. The number of imide groups is 1. The minimum Gasteiger partial charge on any atom is -0.320 e. The number of carbonyl (C=O) groups excluding carboxylic acids is 3. The highest BCUT2D eigenvalue weighted by molar-refractivity contribution is 8.00. The van der Waals surface area contributed by atoms with Crippen LogP contribution in [0.3, 0.4) is 0 Å². The zero-order valence-electron chi connectivity index (χ0n) is 16.4. The zero-order valence-corrected chi connectivity index (χ0v) is 17.2. The summed E-state index contributed by atoms with van der Waals surface area (Å²) in [5, 5.41) is 1.83. The molecular weight excluding hydrogens is 448 g/mol. The van der Waals surface area contributed by atoms with E-state index in [1.807, 2.05) is 17.5 Å². The number of rotatable bonds is 5. The van der Waals surface area contributed by atoms with Crippen LogP contribution in [0.1, 0.15) is 12.8 Å². The molecule has 0 radical (unpaired) electrons. The van der Waals surface area contributed by atoms with Gasteiger partial charge in [0, 0.05) is 11.0 Å². The van der Waals surface area contributed by atoms with Crippen molar-refractivity contribution < 1.29 is 31.9 Å². The lowest BCUT2D eigenvalue weighted by atomic mass is 9.85. The van der Waals surface area contributed by atoms with Gasteiger partial charge in [0.25, 0.3) is 0 Å². The minimum atomic E-state index is -1.69. The first-order valence-electron chi connectivity index (χ1n) is 9.66. The van der Waals surface area contributed by atoms with Crippen LogP contribution in [0.25, 0.3) is 0 Å². The zero-order chi connectivity index (χ0) is 23.0. The van der Waals surface area contributed by atoms with Crippen molar-refractivity contribution in [2.45, 2.75) is 17.7 Å². The average molecular weight is 464 g/mol. The van der Waals surface area contributed by atoms with Crippen molar-refractivity contribution >= 4 is 40.9 Å². The minimum absolute atomic E-state index is 0.0535. The molecule has 1 N–H and O–H groups in total. The van der Waals surface area contributed by atoms with Crippen LogP contribution in [-0.4, -0.2) is 23.5 Å². The number of thioether (sulfide) groups is 1. The van der Waals surface area contributed by atoms with Crippen molar-refractivity contribution in [3.63, 3.8) is 0 Å². The monoisotopic (exact) mass is 464 g/mol. The Morgan fingerprint density at radius 1 is 0.938 bits per heavy atom. The van der Waals surface area contributed by atoms with Gasteiger partial charge in [0.2, 0.25) is 17.7 Å². The summed E-state index contributed by atoms with van der Waals surface area (Å²) in [5.41, 5.74) is -0.770. The number of hydrogen-bond acceptors (Lipinski definition) is 4. The SMILES string of the molecule is O=C(CSc1ccc(N2C(=O)[C@@H]3CC=CC[C@H]3C2=O)cc1)Nc1c(F)c(F)cc(F)c1F. The van der Waals surface area contributed by atoms with Gasteiger partial charge in [-0.05, 0) is 37.1 Å². The van der Waals surface area contributed by atoms with E-state index >= 15 is 0 Å². The van der Waals surface area contributed by atoms with Crippen LogP contribution < -0.4 is 10.2 Å². The number of benzene rings is 2.